The molecule has 4 heterocycles. The van der Waals surface area contributed by atoms with E-state index in [-0.39, 0.29) is 52.6 Å². The number of nitrogens with one attached hydrogen (secondary N) is 1. The Morgan fingerprint density at radius 1 is 0.691 bits per heavy atom. The van der Waals surface area contributed by atoms with E-state index < -0.39 is 29.1 Å². The third-order valence-corrected chi connectivity index (χ3v) is 13.8. The van der Waals surface area contributed by atoms with Gasteiger partial charge in [0.2, 0.25) is 5.97 Å². The zero-order valence-electron chi connectivity index (χ0n) is 52.4. The molecule has 3 radical (unpaired) electrons. The van der Waals surface area contributed by atoms with Crippen molar-refractivity contribution in [2.24, 2.45) is 10.8 Å². The summed E-state index contributed by atoms with van der Waals surface area (Å²) >= 11 is 0. The maximum atomic E-state index is 12.3. The topological polar surface area (TPSA) is 243 Å². The first-order chi connectivity index (χ1) is 37.4. The summed E-state index contributed by atoms with van der Waals surface area (Å²) in [5, 5.41) is 12.4. The number of nitrogens with zero attached hydrogens (tertiary/aromatic N) is 7. The molecule has 455 valence electrons. The van der Waals surface area contributed by atoms with Crippen LogP contribution in [0.5, 0.6) is 0 Å². The summed E-state index contributed by atoms with van der Waals surface area (Å²) in [5.74, 6) is -0.792. The summed E-state index contributed by atoms with van der Waals surface area (Å²) in [6, 6.07) is 0. The van der Waals surface area contributed by atoms with Crippen LogP contribution in [0.4, 0.5) is 9.59 Å². The van der Waals surface area contributed by atoms with E-state index in [2.05, 4.69) is 63.4 Å². The fraction of sp³-hybridized carbons (Fsp3) is 0.786. The number of fused-ring (bicyclic) bond motifs is 2. The molecule has 23 nitrogen and oxygen atoms in total. The van der Waals surface area contributed by atoms with Crippen LogP contribution in [0.3, 0.4) is 0 Å². The second kappa shape index (κ2) is 36.5. The minimum Gasteiger partial charge on any atom is -0.793 e. The van der Waals surface area contributed by atoms with E-state index in [9.17, 15) is 28.8 Å². The van der Waals surface area contributed by atoms with Gasteiger partial charge in [-0.25, -0.2) is 29.0 Å². The monoisotopic (exact) mass is 1160 g/mol. The molecular formula is C56H97BN8NaO15. The van der Waals surface area contributed by atoms with Gasteiger partial charge >= 0.3 is 53.7 Å². The SMILES string of the molecule is CC(=O)OOC(C)=O.CNCCN(C)C(=O)OC(C)(C)C.COCC1(C)CCC(c2c(C=O)nn3c2COCC3)CC1.COCC1(C)CCC(c2c(CN(C)CCN(C)C(=O)OC(C)(C)C)nn3c2COCC3)CC1.[B-]OC(C)=O.[Na+]. The first-order valence-electron chi connectivity index (χ1n) is 27.7. The number of carbonyl (C=O) groups excluding carboxylic acids is 6. The van der Waals surface area contributed by atoms with Gasteiger partial charge in [0.25, 0.3) is 0 Å². The number of aromatic nitrogens is 4. The van der Waals surface area contributed by atoms with Gasteiger partial charge in [0.1, 0.15) is 16.9 Å². The van der Waals surface area contributed by atoms with Crippen molar-refractivity contribution in [1.29, 1.82) is 0 Å². The van der Waals surface area contributed by atoms with Crippen LogP contribution in [0.2, 0.25) is 0 Å². The first-order valence-corrected chi connectivity index (χ1v) is 27.7. The summed E-state index contributed by atoms with van der Waals surface area (Å²) in [7, 11) is 15.4. The standard InChI is InChI=1S/C25H44N4O4.C16H24N2O3.C9H20N2O2.C4H6O4.C2H3BO2.Na/c1-24(2,3)33-23(30)28(6)13-12-27(5)16-20-22(21-17-32-15-14-29(21)26-20)19-8-10-25(4,11-9-19)18-31-7;1-16(11-20-2)5-3-12(4-6-16)15-13(9-19)17-18-7-8-21-10-14(15)18;1-9(2,3)13-8(12)11(5)7-6-10-4;1-3(5)7-8-4(2)6;1-2(4)5-3;/h19H,8-18H2,1-7H3;9,12H,3-8,10-11H2,1-2H3;10H,6-7H2,1-5H3;1-2H3;1H3;/q;;;;-1;+1. The zero-order chi connectivity index (χ0) is 60.4. The van der Waals surface area contributed by atoms with Crippen LogP contribution < -0.4 is 34.9 Å². The van der Waals surface area contributed by atoms with Crippen LogP contribution >= 0.6 is 0 Å². The number of likely N-dealkylation sites (N-methyl/N-ethyl adjacent to an activating group) is 4. The first kappa shape index (κ1) is 74.9. The molecule has 2 saturated carbocycles. The molecule has 0 spiro atoms. The average molecular weight is 1160 g/mol. The number of rotatable bonds is 15. The number of ether oxygens (including phenoxy) is 6. The van der Waals surface area contributed by atoms with Gasteiger partial charge in [0, 0.05) is 92.9 Å². The van der Waals surface area contributed by atoms with Crippen molar-refractivity contribution in [2.75, 3.05) is 95.0 Å². The van der Waals surface area contributed by atoms with Gasteiger partial charge in [-0.15, -0.1) is 0 Å². The molecule has 4 aliphatic rings. The molecule has 2 aromatic heterocycles. The van der Waals surface area contributed by atoms with Crippen LogP contribution in [-0.2, 0) is 90.1 Å². The Kier molecular flexibility index (Phi) is 33.8. The van der Waals surface area contributed by atoms with Crippen molar-refractivity contribution in [2.45, 2.75) is 183 Å². The summed E-state index contributed by atoms with van der Waals surface area (Å²) in [6.07, 6.45) is 9.48. The zero-order valence-corrected chi connectivity index (χ0v) is 54.4. The molecule has 2 aliphatic carbocycles. The van der Waals surface area contributed by atoms with Gasteiger partial charge < -0.3 is 56.2 Å². The number of hydrogen-bond donors (Lipinski definition) is 1. The van der Waals surface area contributed by atoms with Gasteiger partial charge in [0.05, 0.1) is 69.8 Å². The number of amides is 2. The Hall–Kier alpha value is -4.14. The summed E-state index contributed by atoms with van der Waals surface area (Å²) < 4.78 is 40.6. The third kappa shape index (κ3) is 27.9. The fourth-order valence-electron chi connectivity index (χ4n) is 9.64. The molecule has 0 saturated heterocycles. The molecule has 0 aromatic carbocycles. The molecular weight excluding hydrogens is 1060 g/mol. The van der Waals surface area contributed by atoms with Crippen molar-refractivity contribution >= 4 is 44.4 Å². The molecule has 0 unspecified atom stereocenters. The van der Waals surface area contributed by atoms with Crippen LogP contribution in [0, 0.1) is 10.8 Å². The predicted octanol–water partition coefficient (Wildman–Crippen LogP) is 4.30. The van der Waals surface area contributed by atoms with Gasteiger partial charge in [-0.3, -0.25) is 23.9 Å². The van der Waals surface area contributed by atoms with Crippen molar-refractivity contribution in [3.05, 3.63) is 33.9 Å². The van der Waals surface area contributed by atoms with Crippen molar-refractivity contribution in [3.8, 4) is 0 Å². The Bertz CT molecular complexity index is 2220. The van der Waals surface area contributed by atoms with Crippen molar-refractivity contribution in [3.63, 3.8) is 0 Å². The van der Waals surface area contributed by atoms with E-state index in [0.717, 1.165) is 122 Å². The average Bonchev–Trinajstić information content (AvgIpc) is 3.95. The fourth-order valence-corrected chi connectivity index (χ4v) is 9.64. The predicted molar refractivity (Wildman–Crippen MR) is 301 cm³/mol. The van der Waals surface area contributed by atoms with E-state index in [4.69, 9.17) is 33.5 Å². The van der Waals surface area contributed by atoms with E-state index in [1.54, 1.807) is 38.1 Å². The molecule has 2 fully saturated rings. The summed E-state index contributed by atoms with van der Waals surface area (Å²) in [6.45, 7) is 28.8. The smallest absolute Gasteiger partial charge is 0.793 e. The minimum absolute atomic E-state index is 0. The molecule has 0 bridgehead atoms. The molecule has 0 atom stereocenters. The Morgan fingerprint density at radius 3 is 1.48 bits per heavy atom. The van der Waals surface area contributed by atoms with Gasteiger partial charge in [-0.1, -0.05) is 13.8 Å². The normalized spacial score (nSPS) is 20.1. The molecule has 2 aromatic rings. The van der Waals surface area contributed by atoms with Crippen LogP contribution in [0.1, 0.15) is 178 Å². The molecule has 6 rings (SSSR count). The maximum absolute atomic E-state index is 12.3. The maximum Gasteiger partial charge on any atom is 1.00 e. The van der Waals surface area contributed by atoms with Gasteiger partial charge in [-0.05, 0) is 130 Å². The van der Waals surface area contributed by atoms with Crippen LogP contribution in [-0.4, -0.2) is 185 Å². The van der Waals surface area contributed by atoms with Crippen molar-refractivity contribution < 1.29 is 101 Å². The number of carbonyl (C=O) groups is 6. The summed E-state index contributed by atoms with van der Waals surface area (Å²) in [4.78, 5) is 77.2. The van der Waals surface area contributed by atoms with Gasteiger partial charge in [-0.2, -0.15) is 10.2 Å². The number of aldehydes is 1. The second-order valence-corrected chi connectivity index (χ2v) is 23.7. The second-order valence-electron chi connectivity index (χ2n) is 23.7. The van der Waals surface area contributed by atoms with E-state index in [1.807, 2.05) is 53.3 Å². The van der Waals surface area contributed by atoms with Crippen LogP contribution in [0.15, 0.2) is 0 Å². The van der Waals surface area contributed by atoms with E-state index >= 15 is 0 Å². The molecule has 2 aliphatic heterocycles. The Balaban J connectivity index is 0.000000582. The van der Waals surface area contributed by atoms with E-state index in [0.29, 0.717) is 50.4 Å². The third-order valence-electron chi connectivity index (χ3n) is 13.8. The Morgan fingerprint density at radius 2 is 1.10 bits per heavy atom. The largest absolute Gasteiger partial charge is 1.00 e. The number of methoxy groups -OCH3 is 2. The molecule has 1 N–H and O–H groups in total. The molecule has 81 heavy (non-hydrogen) atoms. The molecule has 2 amide bonds. The number of hydrogen-bond acceptors (Lipinski definition) is 19. The van der Waals surface area contributed by atoms with Gasteiger partial charge in [0.15, 0.2) is 6.29 Å². The molecule has 25 heteroatoms. The summed E-state index contributed by atoms with van der Waals surface area (Å²) in [5.41, 5.74) is 6.36. The minimum atomic E-state index is -0.639. The Labute approximate surface area is 505 Å². The van der Waals surface area contributed by atoms with Crippen molar-refractivity contribution in [1.82, 2.24) is 39.6 Å². The quantitative estimate of drug-likeness (QED) is 0.113. The van der Waals surface area contributed by atoms with Crippen LogP contribution in [0.25, 0.3) is 0 Å². The van der Waals surface area contributed by atoms with E-state index in [1.165, 1.54) is 36.7 Å².